The van der Waals surface area contributed by atoms with Crippen molar-refractivity contribution in [2.75, 3.05) is 11.4 Å². The summed E-state index contributed by atoms with van der Waals surface area (Å²) >= 11 is 0. The van der Waals surface area contributed by atoms with Crippen LogP contribution >= 0.6 is 0 Å². The maximum absolute atomic E-state index is 14.3. The average Bonchev–Trinajstić information content (AvgIpc) is 2.99. The molecule has 6 aliphatic carbocycles. The lowest BCUT2D eigenvalue weighted by Gasteiger charge is -2.66. The van der Waals surface area contributed by atoms with Gasteiger partial charge in [-0.3, -0.25) is 9.78 Å². The van der Waals surface area contributed by atoms with Gasteiger partial charge in [-0.25, -0.2) is 4.39 Å². The molecule has 3 nitrogen and oxygen atoms in total. The van der Waals surface area contributed by atoms with Crippen LogP contribution in [-0.2, 0) is 22.8 Å². The zero-order valence-electron chi connectivity index (χ0n) is 24.7. The van der Waals surface area contributed by atoms with Gasteiger partial charge in [0, 0.05) is 36.0 Å². The smallest absolute Gasteiger partial charge is 0.312 e. The van der Waals surface area contributed by atoms with E-state index < -0.39 is 17.4 Å². The van der Waals surface area contributed by atoms with Crippen LogP contribution in [0.5, 0.6) is 0 Å². The van der Waals surface area contributed by atoms with Gasteiger partial charge in [-0.1, -0.05) is 43.3 Å². The fourth-order valence-electron chi connectivity index (χ4n) is 8.67. The molecule has 43 heavy (non-hydrogen) atoms. The van der Waals surface area contributed by atoms with E-state index >= 15 is 0 Å². The van der Waals surface area contributed by atoms with E-state index in [1.165, 1.54) is 5.56 Å². The summed E-state index contributed by atoms with van der Waals surface area (Å²) in [6.45, 7) is 2.74. The van der Waals surface area contributed by atoms with E-state index in [1.807, 2.05) is 17.0 Å². The van der Waals surface area contributed by atoms with Crippen molar-refractivity contribution >= 4 is 11.6 Å². The molecule has 6 fully saturated rings. The van der Waals surface area contributed by atoms with Crippen molar-refractivity contribution in [2.45, 2.75) is 94.8 Å². The lowest BCUT2D eigenvalue weighted by atomic mass is 9.41. The Morgan fingerprint density at radius 1 is 0.860 bits per heavy atom. The summed E-state index contributed by atoms with van der Waals surface area (Å²) in [5.74, 6) is 0.0708. The quantitative estimate of drug-likeness (QED) is 0.245. The van der Waals surface area contributed by atoms with Crippen LogP contribution < -0.4 is 4.90 Å². The molecular formula is C36H38F4N2O. The molecule has 7 heteroatoms. The fourth-order valence-corrected chi connectivity index (χ4v) is 8.67. The number of carbonyl (C=O) groups is 1. The number of hydrogen-bond donors (Lipinski definition) is 0. The molecule has 1 heterocycles. The molecular weight excluding hydrogens is 552 g/mol. The van der Waals surface area contributed by atoms with E-state index in [9.17, 15) is 22.4 Å². The second-order valence-corrected chi connectivity index (χ2v) is 14.1. The Hall–Kier alpha value is -3.22. The van der Waals surface area contributed by atoms with Crippen LogP contribution in [0.2, 0.25) is 0 Å². The molecule has 0 unspecified atom stereocenters. The van der Waals surface area contributed by atoms with Gasteiger partial charge in [0.15, 0.2) is 0 Å². The van der Waals surface area contributed by atoms with E-state index in [-0.39, 0.29) is 22.2 Å². The number of rotatable bonds is 8. The number of halogens is 4. The topological polar surface area (TPSA) is 33.2 Å². The molecule has 6 saturated carbocycles. The van der Waals surface area contributed by atoms with E-state index in [0.717, 1.165) is 79.7 Å². The van der Waals surface area contributed by atoms with Gasteiger partial charge in [0.05, 0.1) is 5.56 Å². The minimum atomic E-state index is -4.39. The zero-order chi connectivity index (χ0) is 30.1. The van der Waals surface area contributed by atoms with Crippen molar-refractivity contribution in [1.82, 2.24) is 4.98 Å². The highest BCUT2D eigenvalue weighted by atomic mass is 19.4. The summed E-state index contributed by atoms with van der Waals surface area (Å²) < 4.78 is 53.8. The molecule has 4 bridgehead atoms. The first kappa shape index (κ1) is 28.5. The largest absolute Gasteiger partial charge is 0.417 e. The van der Waals surface area contributed by atoms with Crippen LogP contribution in [0.3, 0.4) is 0 Å². The Labute approximate surface area is 250 Å². The number of amides is 1. The molecule has 226 valence electrons. The number of fused-ring (bicyclic) bond motifs is 3. The van der Waals surface area contributed by atoms with Gasteiger partial charge in [0.2, 0.25) is 5.91 Å². The van der Waals surface area contributed by atoms with Crippen molar-refractivity contribution in [3.63, 3.8) is 0 Å². The maximum atomic E-state index is 14.3. The number of aromatic nitrogens is 1. The first-order chi connectivity index (χ1) is 20.4. The Morgan fingerprint density at radius 3 is 2.09 bits per heavy atom. The summed E-state index contributed by atoms with van der Waals surface area (Å²) in [5, 5.41) is 0. The van der Waals surface area contributed by atoms with E-state index in [0.29, 0.717) is 32.2 Å². The van der Waals surface area contributed by atoms with Crippen LogP contribution in [-0.4, -0.2) is 23.1 Å². The minimum absolute atomic E-state index is 0.0527. The van der Waals surface area contributed by atoms with Gasteiger partial charge in [0.1, 0.15) is 5.67 Å². The number of nitrogens with zero attached hydrogens (tertiary/aromatic N) is 2. The van der Waals surface area contributed by atoms with Gasteiger partial charge in [-0.05, 0) is 116 Å². The first-order valence-electron chi connectivity index (χ1n) is 15.7. The molecule has 0 aliphatic heterocycles. The summed E-state index contributed by atoms with van der Waals surface area (Å²) in [4.78, 5) is 20.3. The summed E-state index contributed by atoms with van der Waals surface area (Å²) in [5.41, 5.74) is 2.88. The molecule has 6 aliphatic rings. The fraction of sp³-hybridized carbons (Fsp3) is 0.500. The normalized spacial score (nSPS) is 30.8. The standard InChI is InChI=1S/C36H38F4N2O/c1-2-25-6-8-26(9-7-25)27-4-3-5-29(18-27)42(31(43)19-33-21-35(37,22-33)23-33)24-32-12-15-34(16-13-32,17-14-32)30-11-10-28(20-41-30)36(38,39)40/h3-11,18,20H,2,12-17,19,21-24H2,1H3. The summed E-state index contributed by atoms with van der Waals surface area (Å²) in [6.07, 6.45) is 4.67. The average molecular weight is 591 g/mol. The van der Waals surface area contributed by atoms with Crippen LogP contribution in [0.4, 0.5) is 23.2 Å². The Bertz CT molecular complexity index is 1480. The molecule has 2 aromatic carbocycles. The molecule has 0 atom stereocenters. The Morgan fingerprint density at radius 2 is 1.53 bits per heavy atom. The predicted octanol–water partition coefficient (Wildman–Crippen LogP) is 9.24. The molecule has 1 aromatic heterocycles. The molecule has 0 saturated heterocycles. The second kappa shape index (κ2) is 9.90. The molecule has 0 radical (unpaired) electrons. The molecule has 3 aromatic rings. The van der Waals surface area contributed by atoms with Crippen molar-refractivity contribution in [2.24, 2.45) is 10.8 Å². The maximum Gasteiger partial charge on any atom is 0.417 e. The summed E-state index contributed by atoms with van der Waals surface area (Å²) in [6, 6.07) is 19.5. The SMILES string of the molecule is CCc1ccc(-c2cccc(N(CC34CCC(c5ccc(C(F)(F)F)cn5)(CC3)CC4)C(=O)CC34CC(F)(C3)C4)c2)cc1. The first-order valence-corrected chi connectivity index (χ1v) is 15.7. The lowest BCUT2D eigenvalue weighted by Crippen LogP contribution is -2.65. The Balaban J connectivity index is 1.13. The van der Waals surface area contributed by atoms with E-state index in [4.69, 9.17) is 0 Å². The van der Waals surface area contributed by atoms with Crippen molar-refractivity contribution in [3.8, 4) is 11.1 Å². The number of alkyl halides is 4. The lowest BCUT2D eigenvalue weighted by molar-refractivity contribution is -0.215. The van der Waals surface area contributed by atoms with Crippen molar-refractivity contribution in [1.29, 1.82) is 0 Å². The van der Waals surface area contributed by atoms with Crippen LogP contribution in [0, 0.1) is 10.8 Å². The third-order valence-electron chi connectivity index (χ3n) is 11.3. The van der Waals surface area contributed by atoms with Gasteiger partial charge < -0.3 is 4.90 Å². The highest BCUT2D eigenvalue weighted by Crippen LogP contribution is 2.71. The van der Waals surface area contributed by atoms with Crippen LogP contribution in [0.25, 0.3) is 11.1 Å². The second-order valence-electron chi connectivity index (χ2n) is 14.1. The highest BCUT2D eigenvalue weighted by Gasteiger charge is 2.69. The molecule has 0 spiro atoms. The zero-order valence-corrected chi connectivity index (χ0v) is 24.7. The number of aryl methyl sites for hydroxylation is 1. The third-order valence-corrected chi connectivity index (χ3v) is 11.3. The number of carbonyl (C=O) groups excluding carboxylic acids is 1. The van der Waals surface area contributed by atoms with Gasteiger partial charge in [-0.2, -0.15) is 13.2 Å². The van der Waals surface area contributed by atoms with Gasteiger partial charge >= 0.3 is 6.18 Å². The number of pyridine rings is 1. The van der Waals surface area contributed by atoms with Crippen molar-refractivity contribution in [3.05, 3.63) is 83.7 Å². The summed E-state index contributed by atoms with van der Waals surface area (Å²) in [7, 11) is 0. The van der Waals surface area contributed by atoms with Crippen molar-refractivity contribution < 1.29 is 22.4 Å². The molecule has 1 amide bonds. The number of anilines is 1. The number of hydrogen-bond acceptors (Lipinski definition) is 2. The van der Waals surface area contributed by atoms with Gasteiger partial charge in [-0.15, -0.1) is 0 Å². The third kappa shape index (κ3) is 5.06. The van der Waals surface area contributed by atoms with E-state index in [2.05, 4.69) is 48.3 Å². The minimum Gasteiger partial charge on any atom is -0.312 e. The van der Waals surface area contributed by atoms with E-state index in [1.54, 1.807) is 6.07 Å². The van der Waals surface area contributed by atoms with Crippen LogP contribution in [0.15, 0.2) is 66.9 Å². The molecule has 9 rings (SSSR count). The Kier molecular flexibility index (Phi) is 6.57. The van der Waals surface area contributed by atoms with Crippen LogP contribution in [0.1, 0.15) is 88.0 Å². The highest BCUT2D eigenvalue weighted by molar-refractivity contribution is 5.95. The van der Waals surface area contributed by atoms with Gasteiger partial charge in [0.25, 0.3) is 0 Å². The predicted molar refractivity (Wildman–Crippen MR) is 159 cm³/mol. The monoisotopic (exact) mass is 590 g/mol. The molecule has 0 N–H and O–H groups in total. The number of benzene rings is 2.